The molecule has 0 aliphatic heterocycles. The van der Waals surface area contributed by atoms with Crippen LogP contribution in [0.1, 0.15) is 13.3 Å². The Morgan fingerprint density at radius 1 is 1.70 bits per heavy atom. The van der Waals surface area contributed by atoms with Crippen molar-refractivity contribution < 1.29 is 0 Å². The molecule has 0 aromatic carbocycles. The van der Waals surface area contributed by atoms with Crippen molar-refractivity contribution >= 4 is 6.21 Å². The van der Waals surface area contributed by atoms with Crippen molar-refractivity contribution in [3.8, 4) is 0 Å². The minimum Gasteiger partial charge on any atom is -0.265 e. The van der Waals surface area contributed by atoms with E-state index in [1.807, 2.05) is 6.21 Å². The summed E-state index contributed by atoms with van der Waals surface area (Å²) in [5.74, 6) is 0. The summed E-state index contributed by atoms with van der Waals surface area (Å²) >= 11 is 0. The lowest BCUT2D eigenvalue weighted by Crippen LogP contribution is -1.79. The highest BCUT2D eigenvalue weighted by Crippen LogP contribution is 2.15. The number of hydrogen-bond donors (Lipinski definition) is 0. The van der Waals surface area contributed by atoms with Gasteiger partial charge in [-0.15, -0.1) is 0 Å². The van der Waals surface area contributed by atoms with Crippen molar-refractivity contribution in [3.63, 3.8) is 0 Å². The highest BCUT2D eigenvalue weighted by atomic mass is 14.7. The van der Waals surface area contributed by atoms with Crippen LogP contribution in [0.3, 0.4) is 0 Å². The van der Waals surface area contributed by atoms with E-state index >= 15 is 0 Å². The van der Waals surface area contributed by atoms with E-state index in [9.17, 15) is 0 Å². The van der Waals surface area contributed by atoms with Gasteiger partial charge in [-0.2, -0.15) is 0 Å². The van der Waals surface area contributed by atoms with Crippen molar-refractivity contribution in [2.45, 2.75) is 13.3 Å². The van der Waals surface area contributed by atoms with Crippen molar-refractivity contribution in [2.24, 2.45) is 4.99 Å². The molecule has 1 rings (SSSR count). The average molecular weight is 133 g/mol. The molecule has 0 amide bonds. The van der Waals surface area contributed by atoms with Crippen LogP contribution >= 0.6 is 0 Å². The van der Waals surface area contributed by atoms with Crippen LogP contribution in [0.4, 0.5) is 0 Å². The molecule has 10 heavy (non-hydrogen) atoms. The topological polar surface area (TPSA) is 12.4 Å². The molecule has 0 unspecified atom stereocenters. The molecule has 1 aliphatic carbocycles. The van der Waals surface area contributed by atoms with E-state index < -0.39 is 0 Å². The summed E-state index contributed by atoms with van der Waals surface area (Å²) in [5.41, 5.74) is 2.60. The summed E-state index contributed by atoms with van der Waals surface area (Å²) in [6, 6.07) is 0. The lowest BCUT2D eigenvalue weighted by Gasteiger charge is -1.90. The Morgan fingerprint density at radius 3 is 3.00 bits per heavy atom. The molecule has 0 spiro atoms. The number of nitrogens with zero attached hydrogens (tertiary/aromatic N) is 1. The van der Waals surface area contributed by atoms with Crippen molar-refractivity contribution in [1.82, 2.24) is 0 Å². The molecule has 0 saturated carbocycles. The number of aliphatic imine (C=N–C) groups is 1. The summed E-state index contributed by atoms with van der Waals surface area (Å²) < 4.78 is 0. The molecular formula is C9H11N. The maximum Gasteiger partial charge on any atom is 0.0339 e. The molecule has 0 atom stereocenters. The molecule has 0 aromatic rings. The lowest BCUT2D eigenvalue weighted by atomic mass is 10.2. The average Bonchev–Trinajstić information content (AvgIpc) is 2.31. The van der Waals surface area contributed by atoms with Gasteiger partial charge in [-0.25, -0.2) is 0 Å². The molecule has 52 valence electrons. The molecule has 1 heteroatoms. The Morgan fingerprint density at radius 2 is 2.50 bits per heavy atom. The Bertz CT molecular complexity index is 219. The zero-order valence-corrected chi connectivity index (χ0v) is 6.17. The van der Waals surface area contributed by atoms with E-state index in [-0.39, 0.29) is 0 Å². The van der Waals surface area contributed by atoms with Crippen LogP contribution in [-0.4, -0.2) is 6.21 Å². The van der Waals surface area contributed by atoms with Gasteiger partial charge in [0.25, 0.3) is 0 Å². The number of hydrogen-bond acceptors (Lipinski definition) is 1. The van der Waals surface area contributed by atoms with Gasteiger partial charge in [0.05, 0.1) is 0 Å². The third-order valence-corrected chi connectivity index (χ3v) is 1.53. The fourth-order valence-corrected chi connectivity index (χ4v) is 0.909. The van der Waals surface area contributed by atoms with Gasteiger partial charge in [-0.05, 0) is 18.9 Å². The molecule has 0 bridgehead atoms. The highest BCUT2D eigenvalue weighted by molar-refractivity contribution is 5.84. The monoisotopic (exact) mass is 133 g/mol. The smallest absolute Gasteiger partial charge is 0.0339 e. The first-order chi connectivity index (χ1) is 4.84. The van der Waals surface area contributed by atoms with Gasteiger partial charge in [0, 0.05) is 12.4 Å². The van der Waals surface area contributed by atoms with Gasteiger partial charge in [-0.1, -0.05) is 24.3 Å². The SMILES string of the molecule is C=C/N=C\C1=C(C)CC=C1. The van der Waals surface area contributed by atoms with Gasteiger partial charge < -0.3 is 0 Å². The van der Waals surface area contributed by atoms with Crippen LogP contribution < -0.4 is 0 Å². The van der Waals surface area contributed by atoms with E-state index in [4.69, 9.17) is 0 Å². The third-order valence-electron chi connectivity index (χ3n) is 1.53. The summed E-state index contributed by atoms with van der Waals surface area (Å²) in [6.07, 6.45) is 8.68. The Labute approximate surface area is 61.5 Å². The fourth-order valence-electron chi connectivity index (χ4n) is 0.909. The summed E-state index contributed by atoms with van der Waals surface area (Å²) in [4.78, 5) is 3.93. The normalized spacial score (nSPS) is 17.3. The molecular weight excluding hydrogens is 122 g/mol. The summed E-state index contributed by atoms with van der Waals surface area (Å²) in [7, 11) is 0. The van der Waals surface area contributed by atoms with Gasteiger partial charge in [0.15, 0.2) is 0 Å². The zero-order chi connectivity index (χ0) is 7.40. The number of rotatable bonds is 2. The molecule has 1 nitrogen and oxygen atoms in total. The Kier molecular flexibility index (Phi) is 2.21. The largest absolute Gasteiger partial charge is 0.265 e. The lowest BCUT2D eigenvalue weighted by molar-refractivity contribution is 1.24. The predicted octanol–water partition coefficient (Wildman–Crippen LogP) is 2.48. The minimum absolute atomic E-state index is 1.07. The Hall–Kier alpha value is -1.11. The van der Waals surface area contributed by atoms with E-state index in [0.29, 0.717) is 0 Å². The van der Waals surface area contributed by atoms with E-state index in [2.05, 4.69) is 30.6 Å². The molecule has 0 N–H and O–H groups in total. The minimum atomic E-state index is 1.07. The second-order valence-corrected chi connectivity index (χ2v) is 2.30. The quantitative estimate of drug-likeness (QED) is 0.513. The van der Waals surface area contributed by atoms with Crippen molar-refractivity contribution in [3.05, 3.63) is 36.1 Å². The first-order valence-corrected chi connectivity index (χ1v) is 3.35. The molecule has 0 radical (unpaired) electrons. The number of allylic oxidation sites excluding steroid dienone is 4. The van der Waals surface area contributed by atoms with Gasteiger partial charge in [-0.3, -0.25) is 4.99 Å². The second-order valence-electron chi connectivity index (χ2n) is 2.30. The van der Waals surface area contributed by atoms with Crippen molar-refractivity contribution in [1.29, 1.82) is 0 Å². The van der Waals surface area contributed by atoms with Gasteiger partial charge in [0.1, 0.15) is 0 Å². The van der Waals surface area contributed by atoms with Crippen LogP contribution in [0.5, 0.6) is 0 Å². The highest BCUT2D eigenvalue weighted by Gasteiger charge is 1.99. The van der Waals surface area contributed by atoms with E-state index in [1.165, 1.54) is 11.1 Å². The summed E-state index contributed by atoms with van der Waals surface area (Å²) in [5, 5.41) is 0. The zero-order valence-electron chi connectivity index (χ0n) is 6.17. The molecule has 0 saturated heterocycles. The van der Waals surface area contributed by atoms with Crippen LogP contribution in [0.2, 0.25) is 0 Å². The third kappa shape index (κ3) is 1.44. The first-order valence-electron chi connectivity index (χ1n) is 3.35. The predicted molar refractivity (Wildman–Crippen MR) is 45.1 cm³/mol. The Balaban J connectivity index is 2.71. The van der Waals surface area contributed by atoms with Crippen LogP contribution in [-0.2, 0) is 0 Å². The maximum absolute atomic E-state index is 3.93. The maximum atomic E-state index is 3.93. The van der Waals surface area contributed by atoms with Crippen LogP contribution in [0.15, 0.2) is 41.1 Å². The molecule has 0 fully saturated rings. The summed E-state index contributed by atoms with van der Waals surface area (Å²) in [6.45, 7) is 5.62. The van der Waals surface area contributed by atoms with Crippen molar-refractivity contribution in [2.75, 3.05) is 0 Å². The standard InChI is InChI=1S/C9H11N/c1-3-10-7-9-6-4-5-8(9)2/h3-4,6-7H,1,5H2,2H3/b10-7-. The van der Waals surface area contributed by atoms with Crippen LogP contribution in [0.25, 0.3) is 0 Å². The van der Waals surface area contributed by atoms with E-state index in [1.54, 1.807) is 6.20 Å². The molecule has 0 aromatic heterocycles. The van der Waals surface area contributed by atoms with Crippen LogP contribution in [0, 0.1) is 0 Å². The second kappa shape index (κ2) is 3.16. The first kappa shape index (κ1) is 7.00. The molecule has 1 aliphatic rings. The van der Waals surface area contributed by atoms with E-state index in [0.717, 1.165) is 6.42 Å². The fraction of sp³-hybridized carbons (Fsp3) is 0.222. The molecule has 0 heterocycles. The van der Waals surface area contributed by atoms with Gasteiger partial charge >= 0.3 is 0 Å². The van der Waals surface area contributed by atoms with Gasteiger partial charge in [0.2, 0.25) is 0 Å².